The lowest BCUT2D eigenvalue weighted by molar-refractivity contribution is 0.0917. The van der Waals surface area contributed by atoms with Crippen LogP contribution in [0.2, 0.25) is 0 Å². The van der Waals surface area contributed by atoms with Gasteiger partial charge in [-0.25, -0.2) is 8.78 Å². The zero-order chi connectivity index (χ0) is 14.5. The second-order valence-electron chi connectivity index (χ2n) is 4.14. The minimum atomic E-state index is -0.914. The van der Waals surface area contributed by atoms with E-state index in [4.69, 9.17) is 9.84 Å². The summed E-state index contributed by atoms with van der Waals surface area (Å²) in [6, 6.07) is 9.32. The Bertz CT molecular complexity index is 626. The van der Waals surface area contributed by atoms with E-state index in [1.807, 2.05) is 0 Å². The molecule has 0 spiro atoms. The predicted molar refractivity (Wildman–Crippen MR) is 68.5 cm³/mol. The summed E-state index contributed by atoms with van der Waals surface area (Å²) in [6.45, 7) is -0.505. The summed E-state index contributed by atoms with van der Waals surface area (Å²) in [7, 11) is 0. The highest BCUT2D eigenvalue weighted by atomic mass is 19.1. The first kappa shape index (κ1) is 14.1. The summed E-state index contributed by atoms with van der Waals surface area (Å²) in [5.41, 5.74) is 0.424. The Labute approximate surface area is 114 Å². The number of hydrogen-bond donors (Lipinski definition) is 1. The molecular weight excluding hydrogens is 266 g/mol. The average Bonchev–Trinajstić information content (AvgIpc) is 2.45. The maximum Gasteiger partial charge on any atom is 0.203 e. The largest absolute Gasteiger partial charge is 0.485 e. The molecule has 0 aromatic heterocycles. The summed E-state index contributed by atoms with van der Waals surface area (Å²) in [4.78, 5) is 11.8. The van der Waals surface area contributed by atoms with Crippen LogP contribution in [0.5, 0.6) is 5.75 Å². The molecule has 3 nitrogen and oxygen atoms in total. The van der Waals surface area contributed by atoms with Crippen LogP contribution in [0.1, 0.15) is 15.9 Å². The first-order valence-corrected chi connectivity index (χ1v) is 5.91. The highest BCUT2D eigenvalue weighted by Gasteiger charge is 2.13. The van der Waals surface area contributed by atoms with Gasteiger partial charge < -0.3 is 9.84 Å². The second kappa shape index (κ2) is 6.25. The van der Waals surface area contributed by atoms with Gasteiger partial charge >= 0.3 is 0 Å². The van der Waals surface area contributed by atoms with Gasteiger partial charge in [-0.15, -0.1) is 0 Å². The third kappa shape index (κ3) is 3.39. The lowest BCUT2D eigenvalue weighted by atomic mass is 10.1. The average molecular weight is 278 g/mol. The van der Waals surface area contributed by atoms with Crippen LogP contribution in [0.15, 0.2) is 42.5 Å². The number of hydrogen-bond acceptors (Lipinski definition) is 3. The van der Waals surface area contributed by atoms with Crippen LogP contribution in [0.3, 0.4) is 0 Å². The molecule has 0 aliphatic heterocycles. The highest BCUT2D eigenvalue weighted by molar-refractivity contribution is 5.97. The van der Waals surface area contributed by atoms with E-state index in [-0.39, 0.29) is 18.8 Å². The first-order valence-electron chi connectivity index (χ1n) is 5.91. The van der Waals surface area contributed by atoms with Crippen molar-refractivity contribution in [1.29, 1.82) is 0 Å². The topological polar surface area (TPSA) is 46.5 Å². The van der Waals surface area contributed by atoms with Gasteiger partial charge in [0.15, 0.2) is 6.61 Å². The maximum absolute atomic E-state index is 13.4. The van der Waals surface area contributed by atoms with Crippen molar-refractivity contribution in [3.63, 3.8) is 0 Å². The normalized spacial score (nSPS) is 10.3. The standard InChI is InChI=1S/C15H12F2O3/c16-11-4-5-13(14(17)7-11)15(19)9-20-12-3-1-2-10(6-12)8-18/h1-7,18H,8-9H2. The zero-order valence-corrected chi connectivity index (χ0v) is 10.5. The number of benzene rings is 2. The SMILES string of the molecule is O=C(COc1cccc(CO)c1)c1ccc(F)cc1F. The lowest BCUT2D eigenvalue weighted by Gasteiger charge is -2.07. The number of aliphatic hydroxyl groups is 1. The molecule has 0 saturated carbocycles. The Kier molecular flexibility index (Phi) is 4.42. The minimum absolute atomic E-state index is 0.141. The van der Waals surface area contributed by atoms with Gasteiger partial charge in [-0.1, -0.05) is 12.1 Å². The lowest BCUT2D eigenvalue weighted by Crippen LogP contribution is -2.13. The molecule has 0 aliphatic rings. The molecule has 0 amide bonds. The van der Waals surface area contributed by atoms with Crippen molar-refractivity contribution >= 4 is 5.78 Å². The molecule has 0 atom stereocenters. The van der Waals surface area contributed by atoms with E-state index >= 15 is 0 Å². The molecule has 0 radical (unpaired) electrons. The van der Waals surface area contributed by atoms with Crippen molar-refractivity contribution in [3.05, 3.63) is 65.2 Å². The molecule has 5 heteroatoms. The quantitative estimate of drug-likeness (QED) is 0.855. The molecule has 2 rings (SSSR count). The van der Waals surface area contributed by atoms with Gasteiger partial charge in [0.05, 0.1) is 12.2 Å². The fourth-order valence-electron chi connectivity index (χ4n) is 1.68. The van der Waals surface area contributed by atoms with E-state index in [9.17, 15) is 13.6 Å². The molecule has 0 heterocycles. The van der Waals surface area contributed by atoms with Crippen LogP contribution in [0.25, 0.3) is 0 Å². The number of aliphatic hydroxyl groups excluding tert-OH is 1. The van der Waals surface area contributed by atoms with E-state index in [0.29, 0.717) is 17.4 Å². The van der Waals surface area contributed by atoms with Crippen LogP contribution >= 0.6 is 0 Å². The highest BCUT2D eigenvalue weighted by Crippen LogP contribution is 2.15. The Morgan fingerprint density at radius 3 is 2.65 bits per heavy atom. The number of halogens is 2. The van der Waals surface area contributed by atoms with Crippen LogP contribution in [0, 0.1) is 11.6 Å². The van der Waals surface area contributed by atoms with Crippen molar-refractivity contribution < 1.29 is 23.4 Å². The van der Waals surface area contributed by atoms with Crippen LogP contribution in [0.4, 0.5) is 8.78 Å². The molecule has 0 bridgehead atoms. The number of ether oxygens (including phenoxy) is 1. The number of rotatable bonds is 5. The van der Waals surface area contributed by atoms with Gasteiger partial charge in [0.2, 0.25) is 5.78 Å². The van der Waals surface area contributed by atoms with E-state index in [0.717, 1.165) is 12.1 Å². The molecule has 2 aromatic rings. The molecule has 0 aliphatic carbocycles. The van der Waals surface area contributed by atoms with Crippen molar-refractivity contribution in [2.24, 2.45) is 0 Å². The van der Waals surface area contributed by atoms with Gasteiger partial charge in [-0.05, 0) is 29.8 Å². The number of ketones is 1. The van der Waals surface area contributed by atoms with Gasteiger partial charge in [0, 0.05) is 6.07 Å². The number of Topliss-reactive ketones (excluding diaryl/α,β-unsaturated/α-hetero) is 1. The van der Waals surface area contributed by atoms with Gasteiger partial charge in [0.1, 0.15) is 17.4 Å². The Hall–Kier alpha value is -2.27. The third-order valence-corrected chi connectivity index (χ3v) is 2.68. The third-order valence-electron chi connectivity index (χ3n) is 2.68. The fourth-order valence-corrected chi connectivity index (χ4v) is 1.68. The Morgan fingerprint density at radius 2 is 1.95 bits per heavy atom. The predicted octanol–water partition coefficient (Wildman–Crippen LogP) is 2.72. The molecule has 104 valence electrons. The molecule has 0 saturated heterocycles. The molecule has 0 fully saturated rings. The smallest absolute Gasteiger partial charge is 0.203 e. The molecular formula is C15H12F2O3. The van der Waals surface area contributed by atoms with Crippen LogP contribution in [-0.2, 0) is 6.61 Å². The Morgan fingerprint density at radius 1 is 1.15 bits per heavy atom. The van der Waals surface area contributed by atoms with Gasteiger partial charge in [-0.2, -0.15) is 0 Å². The summed E-state index contributed by atoms with van der Waals surface area (Å²) < 4.78 is 31.4. The first-order chi connectivity index (χ1) is 9.60. The molecule has 0 unspecified atom stereocenters. The summed E-state index contributed by atoms with van der Waals surface area (Å²) in [5, 5.41) is 8.97. The van der Waals surface area contributed by atoms with Gasteiger partial charge in [-0.3, -0.25) is 4.79 Å². The van der Waals surface area contributed by atoms with E-state index < -0.39 is 17.4 Å². The summed E-state index contributed by atoms with van der Waals surface area (Å²) >= 11 is 0. The Balaban J connectivity index is 2.04. The van der Waals surface area contributed by atoms with E-state index in [2.05, 4.69) is 0 Å². The molecule has 20 heavy (non-hydrogen) atoms. The van der Waals surface area contributed by atoms with E-state index in [1.54, 1.807) is 24.3 Å². The van der Waals surface area contributed by atoms with Crippen LogP contribution < -0.4 is 4.74 Å². The number of carbonyl (C=O) groups excluding carboxylic acids is 1. The summed E-state index contributed by atoms with van der Waals surface area (Å²) in [5.74, 6) is -1.84. The monoisotopic (exact) mass is 278 g/mol. The van der Waals surface area contributed by atoms with Gasteiger partial charge in [0.25, 0.3) is 0 Å². The second-order valence-corrected chi connectivity index (χ2v) is 4.14. The van der Waals surface area contributed by atoms with Crippen molar-refractivity contribution in [2.75, 3.05) is 6.61 Å². The van der Waals surface area contributed by atoms with Crippen molar-refractivity contribution in [1.82, 2.24) is 0 Å². The van der Waals surface area contributed by atoms with E-state index in [1.165, 1.54) is 0 Å². The van der Waals surface area contributed by atoms with Crippen molar-refractivity contribution in [2.45, 2.75) is 6.61 Å². The maximum atomic E-state index is 13.4. The zero-order valence-electron chi connectivity index (χ0n) is 10.5. The molecule has 2 aromatic carbocycles. The fraction of sp³-hybridized carbons (Fsp3) is 0.133. The number of carbonyl (C=O) groups is 1. The van der Waals surface area contributed by atoms with Crippen molar-refractivity contribution in [3.8, 4) is 5.75 Å². The molecule has 1 N–H and O–H groups in total. The van der Waals surface area contributed by atoms with Crippen LogP contribution in [-0.4, -0.2) is 17.5 Å². The minimum Gasteiger partial charge on any atom is -0.485 e. The summed E-state index contributed by atoms with van der Waals surface area (Å²) in [6.07, 6.45) is 0.